The molecule has 0 radical (unpaired) electrons. The molecule has 8 heteroatoms. The van der Waals surface area contributed by atoms with E-state index in [0.29, 0.717) is 23.2 Å². The molecule has 1 aliphatic rings. The van der Waals surface area contributed by atoms with Crippen molar-refractivity contribution in [2.24, 2.45) is 4.99 Å². The second kappa shape index (κ2) is 11.8. The Morgan fingerprint density at radius 2 is 1.65 bits per heavy atom. The lowest BCUT2D eigenvalue weighted by molar-refractivity contribution is -0.114. The topological polar surface area (TPSA) is 80.2 Å². The molecule has 0 aromatic heterocycles. The molecule has 3 aromatic rings. The van der Waals surface area contributed by atoms with Gasteiger partial charge in [0.2, 0.25) is 5.91 Å². The number of nitrogens with one attached hydrogen (secondary N) is 1. The van der Waals surface area contributed by atoms with E-state index in [1.54, 1.807) is 30.2 Å². The molecule has 190 valence electrons. The Morgan fingerprint density at radius 1 is 1.00 bits per heavy atom. The van der Waals surface area contributed by atoms with Crippen LogP contribution < -0.4 is 19.7 Å². The average Bonchev–Trinajstić information content (AvgIpc) is 3.18. The van der Waals surface area contributed by atoms with E-state index in [1.807, 2.05) is 75.4 Å². The molecule has 0 spiro atoms. The maximum absolute atomic E-state index is 13.5. The maximum Gasteiger partial charge on any atom is 0.283 e. The van der Waals surface area contributed by atoms with E-state index in [0.717, 1.165) is 33.9 Å². The number of carbonyl (C=O) groups is 2. The van der Waals surface area contributed by atoms with Gasteiger partial charge in [-0.3, -0.25) is 14.5 Å². The second-order valence-corrected chi connectivity index (χ2v) is 9.42. The molecule has 7 nitrogen and oxygen atoms in total. The number of rotatable bonds is 8. The molecule has 2 amide bonds. The van der Waals surface area contributed by atoms with E-state index in [9.17, 15) is 9.59 Å². The summed E-state index contributed by atoms with van der Waals surface area (Å²) in [5.74, 6) is 1.13. The Labute approximate surface area is 221 Å². The summed E-state index contributed by atoms with van der Waals surface area (Å²) in [6, 6.07) is 20.5. The molecule has 1 heterocycles. The van der Waals surface area contributed by atoms with Crippen molar-refractivity contribution in [3.63, 3.8) is 0 Å². The monoisotopic (exact) mass is 515 g/mol. The standard InChI is InChI=1S/C29H29N3O4S/c1-5-36-25-12-8-22(9-13-25)30-27(33)18-37-29-31-26(17-21-6-10-24(35-4)11-7-21)28(34)32(29)23-15-19(2)14-20(3)16-23/h6-17H,5,18H2,1-4H3,(H,30,33)/b26-17-. The minimum atomic E-state index is -0.241. The number of benzene rings is 3. The molecule has 0 atom stereocenters. The number of amides is 2. The Bertz CT molecular complexity index is 1330. The fourth-order valence-electron chi connectivity index (χ4n) is 3.89. The molecule has 1 aliphatic heterocycles. The average molecular weight is 516 g/mol. The molecule has 0 bridgehead atoms. The first-order chi connectivity index (χ1) is 17.9. The van der Waals surface area contributed by atoms with Gasteiger partial charge < -0.3 is 14.8 Å². The van der Waals surface area contributed by atoms with Crippen molar-refractivity contribution < 1.29 is 19.1 Å². The molecule has 1 N–H and O–H groups in total. The molecule has 4 rings (SSSR count). The highest BCUT2D eigenvalue weighted by molar-refractivity contribution is 8.14. The van der Waals surface area contributed by atoms with Gasteiger partial charge in [0, 0.05) is 5.69 Å². The highest BCUT2D eigenvalue weighted by atomic mass is 32.2. The Balaban J connectivity index is 1.55. The van der Waals surface area contributed by atoms with E-state index >= 15 is 0 Å². The number of carbonyl (C=O) groups excluding carboxylic acids is 2. The zero-order valence-electron chi connectivity index (χ0n) is 21.3. The number of ether oxygens (including phenoxy) is 2. The fourth-order valence-corrected chi connectivity index (χ4v) is 4.70. The van der Waals surface area contributed by atoms with Gasteiger partial charge in [-0.25, -0.2) is 4.99 Å². The van der Waals surface area contributed by atoms with E-state index in [1.165, 1.54) is 11.8 Å². The summed E-state index contributed by atoms with van der Waals surface area (Å²) < 4.78 is 10.7. The summed E-state index contributed by atoms with van der Waals surface area (Å²) in [5.41, 5.74) is 4.59. The minimum Gasteiger partial charge on any atom is -0.497 e. The van der Waals surface area contributed by atoms with Crippen molar-refractivity contribution in [3.05, 3.63) is 89.1 Å². The largest absolute Gasteiger partial charge is 0.497 e. The quantitative estimate of drug-likeness (QED) is 0.382. The third-order valence-electron chi connectivity index (χ3n) is 5.49. The molecular weight excluding hydrogens is 486 g/mol. The first-order valence-electron chi connectivity index (χ1n) is 11.9. The van der Waals surface area contributed by atoms with Crippen molar-refractivity contribution in [1.82, 2.24) is 0 Å². The number of aliphatic imine (C=N–C) groups is 1. The number of hydrogen-bond donors (Lipinski definition) is 1. The van der Waals surface area contributed by atoms with Gasteiger partial charge in [-0.2, -0.15) is 0 Å². The van der Waals surface area contributed by atoms with Crippen LogP contribution in [0.2, 0.25) is 0 Å². The SMILES string of the molecule is CCOc1ccc(NC(=O)CSC2=N/C(=C\c3ccc(OC)cc3)C(=O)N2c2cc(C)cc(C)c2)cc1. The van der Waals surface area contributed by atoms with Crippen LogP contribution in [0.25, 0.3) is 6.08 Å². The number of hydrogen-bond acceptors (Lipinski definition) is 6. The number of methoxy groups -OCH3 is 1. The Kier molecular flexibility index (Phi) is 8.30. The predicted octanol–water partition coefficient (Wildman–Crippen LogP) is 5.83. The summed E-state index contributed by atoms with van der Waals surface area (Å²) >= 11 is 1.22. The van der Waals surface area contributed by atoms with Gasteiger partial charge in [0.15, 0.2) is 5.17 Å². The third-order valence-corrected chi connectivity index (χ3v) is 6.43. The minimum absolute atomic E-state index is 0.0937. The van der Waals surface area contributed by atoms with Gasteiger partial charge in [0.1, 0.15) is 17.2 Å². The summed E-state index contributed by atoms with van der Waals surface area (Å²) in [5, 5.41) is 3.34. The van der Waals surface area contributed by atoms with Crippen LogP contribution in [0.3, 0.4) is 0 Å². The number of anilines is 2. The third kappa shape index (κ3) is 6.59. The highest BCUT2D eigenvalue weighted by Gasteiger charge is 2.32. The molecule has 0 aliphatic carbocycles. The predicted molar refractivity (Wildman–Crippen MR) is 151 cm³/mol. The number of amidine groups is 1. The van der Waals surface area contributed by atoms with Crippen LogP contribution in [0, 0.1) is 13.8 Å². The van der Waals surface area contributed by atoms with Crippen LogP contribution in [-0.2, 0) is 9.59 Å². The van der Waals surface area contributed by atoms with Crippen LogP contribution in [0.1, 0.15) is 23.6 Å². The normalized spacial score (nSPS) is 14.1. The van der Waals surface area contributed by atoms with Crippen molar-refractivity contribution >= 4 is 46.2 Å². The molecule has 0 unspecified atom stereocenters. The van der Waals surface area contributed by atoms with Gasteiger partial charge in [-0.05, 0) is 92.1 Å². The lowest BCUT2D eigenvalue weighted by Crippen LogP contribution is -2.31. The van der Waals surface area contributed by atoms with Crippen molar-refractivity contribution in [3.8, 4) is 11.5 Å². The van der Waals surface area contributed by atoms with E-state index in [2.05, 4.69) is 10.3 Å². The van der Waals surface area contributed by atoms with Gasteiger partial charge in [0.25, 0.3) is 5.91 Å². The highest BCUT2D eigenvalue weighted by Crippen LogP contribution is 2.31. The molecule has 3 aromatic carbocycles. The van der Waals surface area contributed by atoms with E-state index < -0.39 is 0 Å². The smallest absolute Gasteiger partial charge is 0.283 e. The fraction of sp³-hybridized carbons (Fsp3) is 0.207. The number of thioether (sulfide) groups is 1. The van der Waals surface area contributed by atoms with Crippen molar-refractivity contribution in [1.29, 1.82) is 0 Å². The second-order valence-electron chi connectivity index (χ2n) is 8.48. The van der Waals surface area contributed by atoms with Gasteiger partial charge in [-0.15, -0.1) is 0 Å². The molecule has 0 saturated heterocycles. The van der Waals surface area contributed by atoms with Crippen LogP contribution in [0.5, 0.6) is 11.5 Å². The molecule has 0 fully saturated rings. The maximum atomic E-state index is 13.5. The van der Waals surface area contributed by atoms with Gasteiger partial charge in [-0.1, -0.05) is 30.0 Å². The molecular formula is C29H29N3O4S. The first-order valence-corrected chi connectivity index (χ1v) is 12.9. The molecule has 37 heavy (non-hydrogen) atoms. The Morgan fingerprint density at radius 3 is 2.27 bits per heavy atom. The summed E-state index contributed by atoms with van der Waals surface area (Å²) in [7, 11) is 1.61. The zero-order chi connectivity index (χ0) is 26.4. The zero-order valence-corrected chi connectivity index (χ0v) is 22.1. The first kappa shape index (κ1) is 26.0. The summed E-state index contributed by atoms with van der Waals surface area (Å²) in [6.45, 7) is 6.47. The van der Waals surface area contributed by atoms with Crippen molar-refractivity contribution in [2.75, 3.05) is 29.7 Å². The van der Waals surface area contributed by atoms with Crippen LogP contribution in [-0.4, -0.2) is 36.5 Å². The molecule has 0 saturated carbocycles. The Hall–Kier alpha value is -4.04. The number of aryl methyl sites for hydroxylation is 2. The lowest BCUT2D eigenvalue weighted by Gasteiger charge is -2.19. The van der Waals surface area contributed by atoms with Gasteiger partial charge in [0.05, 0.1) is 25.2 Å². The van der Waals surface area contributed by atoms with Crippen LogP contribution in [0.4, 0.5) is 11.4 Å². The van der Waals surface area contributed by atoms with Crippen LogP contribution in [0.15, 0.2) is 77.4 Å². The van der Waals surface area contributed by atoms with E-state index in [-0.39, 0.29) is 17.6 Å². The lowest BCUT2D eigenvalue weighted by atomic mass is 10.1. The summed E-state index contributed by atoms with van der Waals surface area (Å²) in [4.78, 5) is 32.4. The summed E-state index contributed by atoms with van der Waals surface area (Å²) in [6.07, 6.45) is 1.74. The van der Waals surface area contributed by atoms with Crippen molar-refractivity contribution in [2.45, 2.75) is 20.8 Å². The van der Waals surface area contributed by atoms with Crippen LogP contribution >= 0.6 is 11.8 Å². The van der Waals surface area contributed by atoms with E-state index in [4.69, 9.17) is 9.47 Å². The number of nitrogens with zero attached hydrogens (tertiary/aromatic N) is 2. The van der Waals surface area contributed by atoms with Gasteiger partial charge >= 0.3 is 0 Å².